The van der Waals surface area contributed by atoms with Gasteiger partial charge in [0.15, 0.2) is 0 Å². The second-order valence-electron chi connectivity index (χ2n) is 5.06. The van der Waals surface area contributed by atoms with Crippen molar-refractivity contribution >= 4 is 17.7 Å². The Morgan fingerprint density at radius 1 is 1.43 bits per heavy atom. The number of carbonyl (C=O) groups is 2. The van der Waals surface area contributed by atoms with E-state index in [-0.39, 0.29) is 23.9 Å². The van der Waals surface area contributed by atoms with Gasteiger partial charge in [-0.1, -0.05) is 19.9 Å². The first-order valence-corrected chi connectivity index (χ1v) is 6.70. The molecule has 0 aliphatic rings. The summed E-state index contributed by atoms with van der Waals surface area (Å²) in [5.74, 6) is -0.769. The van der Waals surface area contributed by atoms with Crippen LogP contribution in [-0.2, 0) is 0 Å². The molecule has 0 aromatic heterocycles. The third-order valence-corrected chi connectivity index (χ3v) is 2.73. The molecule has 1 aromatic rings. The summed E-state index contributed by atoms with van der Waals surface area (Å²) in [6, 6.07) is 7.74. The van der Waals surface area contributed by atoms with Crippen molar-refractivity contribution in [2.75, 3.05) is 18.4 Å². The first kappa shape index (κ1) is 16.5. The van der Waals surface area contributed by atoms with Gasteiger partial charge in [0.25, 0.3) is 0 Å². The van der Waals surface area contributed by atoms with Crippen molar-refractivity contribution in [2.24, 2.45) is 5.92 Å². The highest BCUT2D eigenvalue weighted by Gasteiger charge is 2.15. The second-order valence-corrected chi connectivity index (χ2v) is 5.06. The van der Waals surface area contributed by atoms with E-state index < -0.39 is 5.97 Å². The minimum atomic E-state index is -1.05. The zero-order valence-electron chi connectivity index (χ0n) is 12.2. The topological polar surface area (TPSA) is 93.4 Å². The quantitative estimate of drug-likeness (QED) is 0.842. The Bertz CT molecular complexity index is 549. The molecule has 0 spiro atoms. The number of amides is 2. The summed E-state index contributed by atoms with van der Waals surface area (Å²) in [6.45, 7) is 4.85. The van der Waals surface area contributed by atoms with Gasteiger partial charge in [-0.05, 0) is 24.1 Å². The minimum Gasteiger partial charge on any atom is -0.478 e. The molecule has 0 unspecified atom stereocenters. The van der Waals surface area contributed by atoms with Crippen LogP contribution in [0.3, 0.4) is 0 Å². The van der Waals surface area contributed by atoms with Crippen LogP contribution in [0, 0.1) is 17.2 Å². The SMILES string of the molecule is CC(C)CN(CCC#N)C(=O)Nc1cccc(C(=O)O)c1. The van der Waals surface area contributed by atoms with Crippen molar-refractivity contribution in [3.05, 3.63) is 29.8 Å². The number of carbonyl (C=O) groups excluding carboxylic acids is 1. The number of aromatic carboxylic acids is 1. The molecule has 21 heavy (non-hydrogen) atoms. The first-order valence-electron chi connectivity index (χ1n) is 6.70. The molecule has 1 aromatic carbocycles. The van der Waals surface area contributed by atoms with E-state index in [4.69, 9.17) is 10.4 Å². The van der Waals surface area contributed by atoms with Gasteiger partial charge in [0.2, 0.25) is 0 Å². The monoisotopic (exact) mass is 289 g/mol. The molecule has 0 atom stereocenters. The van der Waals surface area contributed by atoms with Crippen molar-refractivity contribution in [3.8, 4) is 6.07 Å². The number of anilines is 1. The number of rotatable bonds is 6. The van der Waals surface area contributed by atoms with E-state index in [2.05, 4.69) is 5.32 Å². The fraction of sp³-hybridized carbons (Fsp3) is 0.400. The molecule has 2 N–H and O–H groups in total. The third kappa shape index (κ3) is 5.53. The summed E-state index contributed by atoms with van der Waals surface area (Å²) in [5.41, 5.74) is 0.533. The van der Waals surface area contributed by atoms with Crippen LogP contribution in [0.5, 0.6) is 0 Å². The van der Waals surface area contributed by atoms with Gasteiger partial charge in [-0.15, -0.1) is 0 Å². The molecule has 2 amide bonds. The van der Waals surface area contributed by atoms with Crippen molar-refractivity contribution in [3.63, 3.8) is 0 Å². The van der Waals surface area contributed by atoms with E-state index in [1.807, 2.05) is 19.9 Å². The van der Waals surface area contributed by atoms with Crippen molar-refractivity contribution in [1.29, 1.82) is 5.26 Å². The molecule has 0 aliphatic heterocycles. The lowest BCUT2D eigenvalue weighted by molar-refractivity contribution is 0.0697. The first-order chi connectivity index (χ1) is 9.93. The third-order valence-electron chi connectivity index (χ3n) is 2.73. The average molecular weight is 289 g/mol. The normalized spacial score (nSPS) is 10.0. The van der Waals surface area contributed by atoms with Gasteiger partial charge < -0.3 is 15.3 Å². The summed E-state index contributed by atoms with van der Waals surface area (Å²) in [7, 11) is 0. The standard InChI is InChI=1S/C15H19N3O3/c1-11(2)10-18(8-4-7-16)15(21)17-13-6-3-5-12(9-13)14(19)20/h3,5-6,9,11H,4,8,10H2,1-2H3,(H,17,21)(H,19,20). The molecule has 6 heteroatoms. The van der Waals surface area contributed by atoms with Crippen LogP contribution in [0.25, 0.3) is 0 Å². The van der Waals surface area contributed by atoms with Crippen molar-refractivity contribution < 1.29 is 14.7 Å². The molecule has 0 heterocycles. The van der Waals surface area contributed by atoms with E-state index in [0.29, 0.717) is 18.8 Å². The summed E-state index contributed by atoms with van der Waals surface area (Å²) in [6.07, 6.45) is 0.259. The number of hydrogen-bond acceptors (Lipinski definition) is 3. The summed E-state index contributed by atoms with van der Waals surface area (Å²) in [4.78, 5) is 24.7. The fourth-order valence-corrected chi connectivity index (χ4v) is 1.83. The maximum absolute atomic E-state index is 12.2. The molecule has 0 bridgehead atoms. The Kier molecular flexibility index (Phi) is 6.21. The molecule has 0 radical (unpaired) electrons. The van der Waals surface area contributed by atoms with E-state index >= 15 is 0 Å². The smallest absolute Gasteiger partial charge is 0.335 e. The van der Waals surface area contributed by atoms with Gasteiger partial charge in [0, 0.05) is 18.8 Å². The van der Waals surface area contributed by atoms with E-state index in [1.54, 1.807) is 17.0 Å². The van der Waals surface area contributed by atoms with Crippen LogP contribution >= 0.6 is 0 Å². The fourth-order valence-electron chi connectivity index (χ4n) is 1.83. The number of carboxylic acids is 1. The lowest BCUT2D eigenvalue weighted by Gasteiger charge is -2.24. The Hall–Kier alpha value is -2.55. The van der Waals surface area contributed by atoms with Crippen LogP contribution in [0.4, 0.5) is 10.5 Å². The van der Waals surface area contributed by atoms with Gasteiger partial charge in [-0.3, -0.25) is 0 Å². The number of hydrogen-bond donors (Lipinski definition) is 2. The van der Waals surface area contributed by atoms with Crippen molar-refractivity contribution in [2.45, 2.75) is 20.3 Å². The molecule has 6 nitrogen and oxygen atoms in total. The highest BCUT2D eigenvalue weighted by Crippen LogP contribution is 2.12. The van der Waals surface area contributed by atoms with Crippen LogP contribution in [0.2, 0.25) is 0 Å². The van der Waals surface area contributed by atoms with Crippen LogP contribution in [-0.4, -0.2) is 35.1 Å². The predicted molar refractivity (Wildman–Crippen MR) is 79.1 cm³/mol. The van der Waals surface area contributed by atoms with Crippen LogP contribution < -0.4 is 5.32 Å². The second kappa shape index (κ2) is 7.90. The number of urea groups is 1. The number of nitrogens with one attached hydrogen (secondary N) is 1. The lowest BCUT2D eigenvalue weighted by atomic mass is 10.2. The molecular formula is C15H19N3O3. The highest BCUT2D eigenvalue weighted by atomic mass is 16.4. The molecular weight excluding hydrogens is 270 g/mol. The lowest BCUT2D eigenvalue weighted by Crippen LogP contribution is -2.38. The summed E-state index contributed by atoms with van der Waals surface area (Å²) >= 11 is 0. The highest BCUT2D eigenvalue weighted by molar-refractivity contribution is 5.93. The molecule has 0 saturated carbocycles. The molecule has 1 rings (SSSR count). The zero-order chi connectivity index (χ0) is 15.8. The Morgan fingerprint density at radius 3 is 2.71 bits per heavy atom. The average Bonchev–Trinajstić information content (AvgIpc) is 2.43. The molecule has 0 aliphatic carbocycles. The molecule has 0 fully saturated rings. The maximum atomic E-state index is 12.2. The Labute approximate surface area is 124 Å². The Balaban J connectivity index is 2.78. The maximum Gasteiger partial charge on any atom is 0.335 e. The van der Waals surface area contributed by atoms with E-state index in [9.17, 15) is 9.59 Å². The number of nitrogens with zero attached hydrogens (tertiary/aromatic N) is 2. The predicted octanol–water partition coefficient (Wildman–Crippen LogP) is 2.79. The van der Waals surface area contributed by atoms with Gasteiger partial charge in [0.1, 0.15) is 0 Å². The summed E-state index contributed by atoms with van der Waals surface area (Å²) in [5, 5.41) is 20.2. The van der Waals surface area contributed by atoms with E-state index in [0.717, 1.165) is 0 Å². The van der Waals surface area contributed by atoms with Gasteiger partial charge in [-0.25, -0.2) is 9.59 Å². The van der Waals surface area contributed by atoms with Gasteiger partial charge >= 0.3 is 12.0 Å². The molecule has 0 saturated heterocycles. The van der Waals surface area contributed by atoms with Crippen molar-refractivity contribution in [1.82, 2.24) is 4.90 Å². The summed E-state index contributed by atoms with van der Waals surface area (Å²) < 4.78 is 0. The van der Waals surface area contributed by atoms with Crippen LogP contribution in [0.1, 0.15) is 30.6 Å². The van der Waals surface area contributed by atoms with Gasteiger partial charge in [0.05, 0.1) is 18.1 Å². The zero-order valence-corrected chi connectivity index (χ0v) is 12.2. The number of benzene rings is 1. The van der Waals surface area contributed by atoms with Gasteiger partial charge in [-0.2, -0.15) is 5.26 Å². The number of nitriles is 1. The van der Waals surface area contributed by atoms with E-state index in [1.165, 1.54) is 12.1 Å². The van der Waals surface area contributed by atoms with Crippen LogP contribution in [0.15, 0.2) is 24.3 Å². The largest absolute Gasteiger partial charge is 0.478 e. The number of carboxylic acid groups (broad SMARTS) is 1. The molecule has 112 valence electrons. The minimum absolute atomic E-state index is 0.111. The Morgan fingerprint density at radius 2 is 2.14 bits per heavy atom.